The van der Waals surface area contributed by atoms with Crippen molar-refractivity contribution in [3.8, 4) is 11.5 Å². The molecule has 1 N–H and O–H groups in total. The molecule has 0 bridgehead atoms. The Labute approximate surface area is 128 Å². The predicted octanol–water partition coefficient (Wildman–Crippen LogP) is 2.53. The van der Waals surface area contributed by atoms with Gasteiger partial charge in [-0.25, -0.2) is 0 Å². The fraction of sp³-hybridized carbons (Fsp3) is 0.647. The van der Waals surface area contributed by atoms with Crippen LogP contribution < -0.4 is 14.8 Å². The Hall–Kier alpha value is -1.26. The molecule has 0 aliphatic carbocycles. The molecule has 1 fully saturated rings. The van der Waals surface area contributed by atoms with Gasteiger partial charge in [0.2, 0.25) is 0 Å². The minimum Gasteiger partial charge on any atom is -0.497 e. The molecule has 0 saturated carbocycles. The highest BCUT2D eigenvalue weighted by Gasteiger charge is 2.14. The number of benzene rings is 1. The molecule has 4 nitrogen and oxygen atoms in total. The summed E-state index contributed by atoms with van der Waals surface area (Å²) in [6.45, 7) is 7.95. The number of ether oxygens (including phenoxy) is 2. The fourth-order valence-electron chi connectivity index (χ4n) is 2.90. The average Bonchev–Trinajstić information content (AvgIpc) is 2.99. The first kappa shape index (κ1) is 16.1. The van der Waals surface area contributed by atoms with Gasteiger partial charge in [-0.15, -0.1) is 0 Å². The van der Waals surface area contributed by atoms with Crippen molar-refractivity contribution < 1.29 is 9.47 Å². The number of likely N-dealkylation sites (tertiary alicyclic amines) is 1. The van der Waals surface area contributed by atoms with Gasteiger partial charge in [0, 0.05) is 19.2 Å². The van der Waals surface area contributed by atoms with Crippen LogP contribution in [0.3, 0.4) is 0 Å². The van der Waals surface area contributed by atoms with Crippen LogP contribution in [0.2, 0.25) is 0 Å². The third-order valence-corrected chi connectivity index (χ3v) is 4.00. The smallest absolute Gasteiger partial charge is 0.122 e. The second-order valence-electron chi connectivity index (χ2n) is 5.96. The van der Waals surface area contributed by atoms with E-state index in [0.717, 1.165) is 24.6 Å². The second kappa shape index (κ2) is 8.25. The molecular formula is C17H28N2O2. The van der Waals surface area contributed by atoms with Crippen LogP contribution in [0.25, 0.3) is 0 Å². The number of hydrogen-bond donors (Lipinski definition) is 1. The molecule has 2 rings (SSSR count). The average molecular weight is 292 g/mol. The lowest BCUT2D eigenvalue weighted by atomic mass is 10.1. The summed E-state index contributed by atoms with van der Waals surface area (Å²) in [5.74, 6) is 2.36. The van der Waals surface area contributed by atoms with Crippen molar-refractivity contribution in [2.75, 3.05) is 40.4 Å². The number of nitrogens with zero attached hydrogens (tertiary/aromatic N) is 1. The van der Waals surface area contributed by atoms with Crippen LogP contribution in [0.5, 0.6) is 11.5 Å². The van der Waals surface area contributed by atoms with Crippen molar-refractivity contribution in [2.45, 2.75) is 26.3 Å². The Morgan fingerprint density at radius 3 is 2.29 bits per heavy atom. The van der Waals surface area contributed by atoms with E-state index in [0.29, 0.717) is 5.92 Å². The van der Waals surface area contributed by atoms with E-state index in [2.05, 4.69) is 29.3 Å². The molecule has 1 atom stereocenters. The van der Waals surface area contributed by atoms with Gasteiger partial charge >= 0.3 is 0 Å². The molecule has 1 aromatic carbocycles. The summed E-state index contributed by atoms with van der Waals surface area (Å²) >= 11 is 0. The molecular weight excluding hydrogens is 264 g/mol. The van der Waals surface area contributed by atoms with Crippen LogP contribution in [-0.2, 0) is 6.54 Å². The van der Waals surface area contributed by atoms with Crippen molar-refractivity contribution in [2.24, 2.45) is 5.92 Å². The molecule has 1 heterocycles. The molecule has 4 heteroatoms. The molecule has 0 aromatic heterocycles. The minimum atomic E-state index is 0.676. The van der Waals surface area contributed by atoms with E-state index in [1.54, 1.807) is 14.2 Å². The number of hydrogen-bond acceptors (Lipinski definition) is 4. The van der Waals surface area contributed by atoms with Gasteiger partial charge in [0.05, 0.1) is 14.2 Å². The van der Waals surface area contributed by atoms with Crippen molar-refractivity contribution in [3.63, 3.8) is 0 Å². The molecule has 1 aromatic rings. The molecule has 1 unspecified atom stereocenters. The lowest BCUT2D eigenvalue weighted by molar-refractivity contribution is 0.282. The summed E-state index contributed by atoms with van der Waals surface area (Å²) in [5.41, 5.74) is 1.19. The Kier molecular flexibility index (Phi) is 6.33. The second-order valence-corrected chi connectivity index (χ2v) is 5.96. The highest BCUT2D eigenvalue weighted by molar-refractivity contribution is 5.38. The van der Waals surface area contributed by atoms with Gasteiger partial charge in [-0.05, 0) is 56.1 Å². The van der Waals surface area contributed by atoms with Gasteiger partial charge in [-0.2, -0.15) is 0 Å². The van der Waals surface area contributed by atoms with E-state index in [1.807, 2.05) is 6.07 Å². The number of rotatable bonds is 8. The first-order valence-corrected chi connectivity index (χ1v) is 7.86. The minimum absolute atomic E-state index is 0.676. The van der Waals surface area contributed by atoms with Gasteiger partial charge in [0.15, 0.2) is 0 Å². The summed E-state index contributed by atoms with van der Waals surface area (Å²) in [4.78, 5) is 2.57. The summed E-state index contributed by atoms with van der Waals surface area (Å²) < 4.78 is 10.6. The van der Waals surface area contributed by atoms with Gasteiger partial charge in [0.1, 0.15) is 11.5 Å². The zero-order chi connectivity index (χ0) is 15.1. The third kappa shape index (κ3) is 5.21. The molecule has 1 aliphatic rings. The maximum absolute atomic E-state index is 5.30. The first-order chi connectivity index (χ1) is 10.2. The summed E-state index contributed by atoms with van der Waals surface area (Å²) in [7, 11) is 3.37. The van der Waals surface area contributed by atoms with E-state index in [9.17, 15) is 0 Å². The SMILES string of the molecule is COc1cc(CNCC(C)CN2CCCC2)cc(OC)c1. The normalized spacial score (nSPS) is 16.9. The van der Waals surface area contributed by atoms with Crippen molar-refractivity contribution >= 4 is 0 Å². The van der Waals surface area contributed by atoms with Crippen LogP contribution in [0, 0.1) is 5.92 Å². The lowest BCUT2D eigenvalue weighted by Crippen LogP contribution is -2.31. The summed E-state index contributed by atoms with van der Waals surface area (Å²) in [5, 5.41) is 3.54. The van der Waals surface area contributed by atoms with Gasteiger partial charge in [-0.3, -0.25) is 0 Å². The number of methoxy groups -OCH3 is 2. The maximum Gasteiger partial charge on any atom is 0.122 e. The van der Waals surface area contributed by atoms with E-state index in [1.165, 1.54) is 38.0 Å². The largest absolute Gasteiger partial charge is 0.497 e. The quantitative estimate of drug-likeness (QED) is 0.798. The van der Waals surface area contributed by atoms with Crippen LogP contribution in [0.4, 0.5) is 0 Å². The van der Waals surface area contributed by atoms with Crippen LogP contribution in [0.15, 0.2) is 18.2 Å². The standard InChI is InChI=1S/C17H28N2O2/c1-14(13-19-6-4-5-7-19)11-18-12-15-8-16(20-2)10-17(9-15)21-3/h8-10,14,18H,4-7,11-13H2,1-3H3. The topological polar surface area (TPSA) is 33.7 Å². The van der Waals surface area contributed by atoms with Crippen molar-refractivity contribution in [3.05, 3.63) is 23.8 Å². The third-order valence-electron chi connectivity index (χ3n) is 4.00. The van der Waals surface area contributed by atoms with Crippen molar-refractivity contribution in [1.29, 1.82) is 0 Å². The molecule has 1 saturated heterocycles. The van der Waals surface area contributed by atoms with E-state index >= 15 is 0 Å². The lowest BCUT2D eigenvalue weighted by Gasteiger charge is -2.20. The Balaban J connectivity index is 1.76. The molecule has 0 spiro atoms. The van der Waals surface area contributed by atoms with Gasteiger partial charge in [-0.1, -0.05) is 6.92 Å². The van der Waals surface area contributed by atoms with Gasteiger partial charge < -0.3 is 19.7 Å². The molecule has 0 amide bonds. The zero-order valence-electron chi connectivity index (χ0n) is 13.5. The molecule has 0 radical (unpaired) electrons. The van der Waals surface area contributed by atoms with Gasteiger partial charge in [0.25, 0.3) is 0 Å². The highest BCUT2D eigenvalue weighted by Crippen LogP contribution is 2.22. The van der Waals surface area contributed by atoms with Crippen LogP contribution >= 0.6 is 0 Å². The molecule has 118 valence electrons. The zero-order valence-corrected chi connectivity index (χ0v) is 13.5. The monoisotopic (exact) mass is 292 g/mol. The summed E-state index contributed by atoms with van der Waals surface area (Å²) in [6, 6.07) is 6.01. The fourth-order valence-corrected chi connectivity index (χ4v) is 2.90. The highest BCUT2D eigenvalue weighted by atomic mass is 16.5. The predicted molar refractivity (Wildman–Crippen MR) is 86.1 cm³/mol. The van der Waals surface area contributed by atoms with Crippen LogP contribution in [-0.4, -0.2) is 45.3 Å². The number of nitrogens with one attached hydrogen (secondary N) is 1. The maximum atomic E-state index is 5.30. The van der Waals surface area contributed by atoms with Crippen LogP contribution in [0.1, 0.15) is 25.3 Å². The van der Waals surface area contributed by atoms with E-state index in [-0.39, 0.29) is 0 Å². The Morgan fingerprint density at radius 1 is 1.10 bits per heavy atom. The van der Waals surface area contributed by atoms with Crippen molar-refractivity contribution in [1.82, 2.24) is 10.2 Å². The first-order valence-electron chi connectivity index (χ1n) is 7.86. The van der Waals surface area contributed by atoms with E-state index < -0.39 is 0 Å². The van der Waals surface area contributed by atoms with E-state index in [4.69, 9.17) is 9.47 Å². The molecule has 21 heavy (non-hydrogen) atoms. The Bertz CT molecular complexity index is 409. The summed E-state index contributed by atoms with van der Waals surface area (Å²) in [6.07, 6.45) is 2.73. The molecule has 1 aliphatic heterocycles. The Morgan fingerprint density at radius 2 is 1.71 bits per heavy atom.